The van der Waals surface area contributed by atoms with E-state index in [1.54, 1.807) is 0 Å². The number of aromatic hydroxyl groups is 1. The third-order valence-corrected chi connectivity index (χ3v) is 12.8. The smallest absolute Gasteiger partial charge is 0.148 e. The fraction of sp³-hybridized carbons (Fsp3) is 0.143. The number of aryl methyl sites for hydroxylation is 1. The van der Waals surface area contributed by atoms with Crippen LogP contribution >= 0.6 is 0 Å². The summed E-state index contributed by atoms with van der Waals surface area (Å²) in [6.07, 6.45) is 1.88. The molecule has 8 aromatic carbocycles. The van der Waals surface area contributed by atoms with Gasteiger partial charge in [-0.1, -0.05) is 215 Å². The van der Waals surface area contributed by atoms with Crippen LogP contribution in [0.5, 0.6) is 5.75 Å². The number of fused-ring (bicyclic) bond motifs is 1. The molecule has 338 valence electrons. The molecule has 0 fully saturated rings. The minimum absolute atomic E-state index is 0. The topological polar surface area (TPSA) is 50.9 Å². The Kier molecular flexibility index (Phi) is 12.5. The summed E-state index contributed by atoms with van der Waals surface area (Å²) in [5.41, 5.74) is 18.3. The van der Waals surface area contributed by atoms with Crippen molar-refractivity contribution < 1.29 is 26.2 Å². The van der Waals surface area contributed by atoms with Crippen molar-refractivity contribution in [2.24, 2.45) is 0 Å². The van der Waals surface area contributed by atoms with Crippen LogP contribution in [0.1, 0.15) is 58.2 Å². The van der Waals surface area contributed by atoms with E-state index in [1.807, 2.05) is 18.3 Å². The number of pyridine rings is 1. The Morgan fingerprint density at radius 1 is 0.500 bits per heavy atom. The Balaban J connectivity index is 0.00000578. The van der Waals surface area contributed by atoms with Gasteiger partial charge in [0.05, 0.1) is 22.3 Å². The summed E-state index contributed by atoms with van der Waals surface area (Å²) >= 11 is 0. The third kappa shape index (κ3) is 8.78. The molecule has 5 heteroatoms. The molecule has 1 N–H and O–H groups in total. The van der Waals surface area contributed by atoms with E-state index in [0.717, 1.165) is 100 Å². The van der Waals surface area contributed by atoms with Crippen molar-refractivity contribution in [1.82, 2.24) is 14.5 Å². The van der Waals surface area contributed by atoms with Gasteiger partial charge in [-0.15, -0.1) is 23.8 Å². The molecule has 0 aliphatic heterocycles. The Labute approximate surface area is 415 Å². The van der Waals surface area contributed by atoms with E-state index >= 15 is 0 Å². The summed E-state index contributed by atoms with van der Waals surface area (Å²) in [4.78, 5) is 10.6. The van der Waals surface area contributed by atoms with E-state index in [4.69, 9.17) is 9.97 Å². The maximum absolute atomic E-state index is 12.6. The summed E-state index contributed by atoms with van der Waals surface area (Å²) in [5.74, 6) is 0.903. The molecule has 0 bridgehead atoms. The van der Waals surface area contributed by atoms with Crippen LogP contribution in [0.3, 0.4) is 0 Å². The molecule has 0 unspecified atom stereocenters. The largest absolute Gasteiger partial charge is 0.507 e. The first-order chi connectivity index (χ1) is 32.3. The number of hydrogen-bond donors (Lipinski definition) is 1. The minimum atomic E-state index is -0.339. The van der Waals surface area contributed by atoms with Crippen LogP contribution in [0.2, 0.25) is 0 Å². The summed E-state index contributed by atoms with van der Waals surface area (Å²) in [5, 5.41) is 12.6. The minimum Gasteiger partial charge on any atom is -0.507 e. The van der Waals surface area contributed by atoms with Crippen molar-refractivity contribution in [3.63, 3.8) is 0 Å². The normalized spacial score (nSPS) is 11.7. The van der Waals surface area contributed by atoms with E-state index in [0.29, 0.717) is 11.4 Å². The Morgan fingerprint density at radius 2 is 1.04 bits per heavy atom. The van der Waals surface area contributed by atoms with Gasteiger partial charge >= 0.3 is 0 Å². The van der Waals surface area contributed by atoms with Crippen LogP contribution in [0.4, 0.5) is 0 Å². The van der Waals surface area contributed by atoms with Gasteiger partial charge in [0.25, 0.3) is 0 Å². The number of benzene rings is 8. The molecule has 0 aliphatic carbocycles. The zero-order chi connectivity index (χ0) is 46.5. The van der Waals surface area contributed by atoms with Crippen molar-refractivity contribution in [1.29, 1.82) is 0 Å². The number of nitrogens with zero attached hydrogens (tertiary/aromatic N) is 3. The molecule has 68 heavy (non-hydrogen) atoms. The van der Waals surface area contributed by atoms with Crippen molar-refractivity contribution in [3.8, 4) is 89.7 Å². The molecule has 0 atom stereocenters. The van der Waals surface area contributed by atoms with E-state index < -0.39 is 0 Å². The SMILES string of the molecule is Cc1ccnc(-c2[c-]c(-c3cccc4c3nc(-c3cc(C(C)(C)C)cc(C(C)(C)C)c3O)n4-c3ccccc3-c3ccccc3)cc(-c3c(-c4ccccc4)cccc3-c3ccccc3)c2)c1.[Pt]. The zero-order valence-corrected chi connectivity index (χ0v) is 41.9. The maximum atomic E-state index is 12.6. The molecule has 2 heterocycles. The first-order valence-electron chi connectivity index (χ1n) is 23.1. The summed E-state index contributed by atoms with van der Waals surface area (Å²) in [6.45, 7) is 15.3. The van der Waals surface area contributed by atoms with Gasteiger partial charge < -0.3 is 5.11 Å². The molecule has 0 saturated carbocycles. The average Bonchev–Trinajstić information content (AvgIpc) is 3.73. The van der Waals surface area contributed by atoms with Crippen LogP contribution < -0.4 is 0 Å². The first-order valence-corrected chi connectivity index (χ1v) is 23.1. The van der Waals surface area contributed by atoms with Crippen LogP contribution in [-0.2, 0) is 31.9 Å². The van der Waals surface area contributed by atoms with Gasteiger partial charge in [-0.2, -0.15) is 0 Å². The molecule has 0 saturated heterocycles. The number of hydrogen-bond acceptors (Lipinski definition) is 3. The summed E-state index contributed by atoms with van der Waals surface area (Å²) in [6, 6.07) is 70.2. The van der Waals surface area contributed by atoms with Gasteiger partial charge in [-0.3, -0.25) is 9.55 Å². The second kappa shape index (κ2) is 18.5. The standard InChI is InChI=1S/C63H54N3O.Pt/c1-41-33-34-64-55(35-41)46-36-45(37-47(38-46)58-50(43-23-13-9-14-24-43)28-19-29-51(58)44-25-15-10-16-26-44)52-30-20-32-57-59(52)65-61(53-39-48(62(2,3)4)40-54(60(53)67)63(5,6)7)66(57)56-31-18-17-27-49(56)42-21-11-8-12-22-42;/h8-35,37-40,67H,1-7H3;/q-1;. The number of phenols is 1. The van der Waals surface area contributed by atoms with Crippen LogP contribution in [0.15, 0.2) is 194 Å². The van der Waals surface area contributed by atoms with Gasteiger partial charge in [0.15, 0.2) is 0 Å². The second-order valence-electron chi connectivity index (χ2n) is 19.6. The van der Waals surface area contributed by atoms with Crippen LogP contribution in [0, 0.1) is 13.0 Å². The second-order valence-corrected chi connectivity index (χ2v) is 19.6. The monoisotopic (exact) mass is 1060 g/mol. The van der Waals surface area contributed by atoms with Crippen molar-refractivity contribution in [2.75, 3.05) is 0 Å². The van der Waals surface area contributed by atoms with E-state index in [1.165, 1.54) is 0 Å². The van der Waals surface area contributed by atoms with Gasteiger partial charge in [-0.25, -0.2) is 4.98 Å². The molecule has 10 aromatic rings. The van der Waals surface area contributed by atoms with Gasteiger partial charge in [0.2, 0.25) is 0 Å². The molecular formula is C63H54N3OPt-. The summed E-state index contributed by atoms with van der Waals surface area (Å²) < 4.78 is 2.25. The number of para-hydroxylation sites is 2. The van der Waals surface area contributed by atoms with E-state index in [-0.39, 0.29) is 37.6 Å². The molecule has 0 spiro atoms. The molecule has 4 nitrogen and oxygen atoms in total. The van der Waals surface area contributed by atoms with Crippen molar-refractivity contribution in [2.45, 2.75) is 59.3 Å². The van der Waals surface area contributed by atoms with Crippen molar-refractivity contribution in [3.05, 3.63) is 217 Å². The third-order valence-electron chi connectivity index (χ3n) is 12.8. The van der Waals surface area contributed by atoms with Crippen LogP contribution in [-0.4, -0.2) is 19.6 Å². The first kappa shape index (κ1) is 46.0. The fourth-order valence-corrected chi connectivity index (χ4v) is 9.34. The van der Waals surface area contributed by atoms with E-state index in [9.17, 15) is 5.11 Å². The molecule has 0 amide bonds. The number of imidazole rings is 1. The maximum Gasteiger partial charge on any atom is 0.148 e. The van der Waals surface area contributed by atoms with Gasteiger partial charge in [0.1, 0.15) is 11.6 Å². The summed E-state index contributed by atoms with van der Waals surface area (Å²) in [7, 11) is 0. The average molecular weight is 1060 g/mol. The quantitative estimate of drug-likeness (QED) is 0.154. The number of aromatic nitrogens is 3. The predicted octanol–water partition coefficient (Wildman–Crippen LogP) is 16.5. The Bertz CT molecular complexity index is 3380. The Hall–Kier alpha value is -7.13. The van der Waals surface area contributed by atoms with Crippen molar-refractivity contribution >= 4 is 11.0 Å². The van der Waals surface area contributed by atoms with Gasteiger partial charge in [-0.05, 0) is 81.0 Å². The molecule has 10 rings (SSSR count). The Morgan fingerprint density at radius 3 is 1.65 bits per heavy atom. The molecular weight excluding hydrogens is 1010 g/mol. The van der Waals surface area contributed by atoms with E-state index in [2.05, 4.69) is 235 Å². The zero-order valence-electron chi connectivity index (χ0n) is 39.6. The van der Waals surface area contributed by atoms with Crippen LogP contribution in [0.25, 0.3) is 95.0 Å². The fourth-order valence-electron chi connectivity index (χ4n) is 9.34. The molecule has 0 radical (unpaired) electrons. The predicted molar refractivity (Wildman–Crippen MR) is 280 cm³/mol. The number of phenolic OH excluding ortho intramolecular Hbond substituents is 1. The number of rotatable bonds is 8. The molecule has 0 aliphatic rings. The van der Waals surface area contributed by atoms with Gasteiger partial charge in [0, 0.05) is 44.1 Å². The molecule has 2 aromatic heterocycles.